The van der Waals surface area contributed by atoms with Crippen molar-refractivity contribution in [2.75, 3.05) is 0 Å². The third-order valence-electron chi connectivity index (χ3n) is 3.62. The van der Waals surface area contributed by atoms with E-state index in [4.69, 9.17) is 20.8 Å². The van der Waals surface area contributed by atoms with Crippen LogP contribution in [0.25, 0.3) is 11.0 Å². The summed E-state index contributed by atoms with van der Waals surface area (Å²) in [4.78, 5) is 36.0. The molecule has 0 amide bonds. The average Bonchev–Trinajstić information content (AvgIpc) is 3.04. The molecule has 7 heteroatoms. The highest BCUT2D eigenvalue weighted by atomic mass is 35.5. The zero-order valence-corrected chi connectivity index (χ0v) is 15.0. The number of hydrogen-bond acceptors (Lipinski definition) is 6. The number of aryl methyl sites for hydroxylation is 1. The summed E-state index contributed by atoms with van der Waals surface area (Å²) in [7, 11) is 0. The van der Waals surface area contributed by atoms with E-state index < -0.39 is 11.6 Å². The van der Waals surface area contributed by atoms with E-state index in [2.05, 4.69) is 0 Å². The smallest absolute Gasteiger partial charge is 0.348 e. The molecule has 0 saturated heterocycles. The van der Waals surface area contributed by atoms with Crippen LogP contribution in [-0.4, -0.2) is 11.8 Å². The zero-order chi connectivity index (χ0) is 18.1. The van der Waals surface area contributed by atoms with Gasteiger partial charge in [-0.05, 0) is 43.7 Å². The van der Waals surface area contributed by atoms with Crippen molar-refractivity contribution in [2.45, 2.75) is 20.5 Å². The Labute approximate surface area is 151 Å². The van der Waals surface area contributed by atoms with Crippen molar-refractivity contribution < 1.29 is 18.7 Å². The summed E-state index contributed by atoms with van der Waals surface area (Å²) in [5, 5.41) is 1.14. The Bertz CT molecular complexity index is 1050. The van der Waals surface area contributed by atoms with E-state index in [9.17, 15) is 14.4 Å². The van der Waals surface area contributed by atoms with Gasteiger partial charge >= 0.3 is 11.6 Å². The van der Waals surface area contributed by atoms with Gasteiger partial charge in [0.1, 0.15) is 17.1 Å². The lowest BCUT2D eigenvalue weighted by Crippen LogP contribution is -2.07. The maximum Gasteiger partial charge on any atom is 0.348 e. The highest BCUT2D eigenvalue weighted by Crippen LogP contribution is 2.26. The van der Waals surface area contributed by atoms with Gasteiger partial charge in [-0.25, -0.2) is 9.59 Å². The van der Waals surface area contributed by atoms with E-state index >= 15 is 0 Å². The maximum absolute atomic E-state index is 12.1. The molecule has 0 N–H and O–H groups in total. The molecule has 2 heterocycles. The Balaban J connectivity index is 1.87. The van der Waals surface area contributed by atoms with Crippen LogP contribution in [0.15, 0.2) is 39.5 Å². The SMILES string of the molecule is CC(=O)c1ccc(C(=O)OCc2cc(=O)oc3cc(C)c(Cl)cc23)s1. The Morgan fingerprint density at radius 3 is 2.60 bits per heavy atom. The van der Waals surface area contributed by atoms with Crippen molar-refractivity contribution in [3.8, 4) is 0 Å². The summed E-state index contributed by atoms with van der Waals surface area (Å²) >= 11 is 7.20. The van der Waals surface area contributed by atoms with Gasteiger partial charge in [-0.2, -0.15) is 0 Å². The third kappa shape index (κ3) is 3.65. The molecular formula is C18H13ClO5S. The van der Waals surface area contributed by atoms with Crippen molar-refractivity contribution in [2.24, 2.45) is 0 Å². The second kappa shape index (κ2) is 6.82. The van der Waals surface area contributed by atoms with Crippen LogP contribution in [0.2, 0.25) is 5.02 Å². The second-order valence-corrected chi connectivity index (χ2v) is 6.98. The van der Waals surface area contributed by atoms with Crippen LogP contribution in [0.3, 0.4) is 0 Å². The van der Waals surface area contributed by atoms with E-state index in [1.54, 1.807) is 31.2 Å². The van der Waals surface area contributed by atoms with Crippen LogP contribution in [0, 0.1) is 6.92 Å². The number of ether oxygens (including phenoxy) is 1. The first-order chi connectivity index (χ1) is 11.8. The van der Waals surface area contributed by atoms with Crippen molar-refractivity contribution in [3.63, 3.8) is 0 Å². The first kappa shape index (κ1) is 17.4. The molecule has 3 aromatic rings. The van der Waals surface area contributed by atoms with E-state index in [1.165, 1.54) is 13.0 Å². The molecule has 0 aliphatic carbocycles. The standard InChI is InChI=1S/C18H13ClO5S/c1-9-5-14-12(7-13(9)19)11(6-17(21)24-14)8-23-18(22)16-4-3-15(25-16)10(2)20/h3-7H,8H2,1-2H3. The Morgan fingerprint density at radius 1 is 1.20 bits per heavy atom. The molecule has 2 aromatic heterocycles. The van der Waals surface area contributed by atoms with E-state index in [0.29, 0.717) is 31.3 Å². The zero-order valence-electron chi connectivity index (χ0n) is 13.4. The van der Waals surface area contributed by atoms with Gasteiger partial charge < -0.3 is 9.15 Å². The molecule has 0 atom stereocenters. The van der Waals surface area contributed by atoms with Crippen LogP contribution in [0.5, 0.6) is 0 Å². The number of ketones is 1. The lowest BCUT2D eigenvalue weighted by Gasteiger charge is -2.08. The number of esters is 1. The molecule has 3 rings (SSSR count). The quantitative estimate of drug-likeness (QED) is 0.384. The number of carbonyl (C=O) groups excluding carboxylic acids is 2. The van der Waals surface area contributed by atoms with Gasteiger partial charge in [-0.3, -0.25) is 4.79 Å². The largest absolute Gasteiger partial charge is 0.457 e. The maximum atomic E-state index is 12.1. The minimum absolute atomic E-state index is 0.104. The van der Waals surface area contributed by atoms with Crippen LogP contribution >= 0.6 is 22.9 Å². The van der Waals surface area contributed by atoms with Crippen molar-refractivity contribution in [1.82, 2.24) is 0 Å². The lowest BCUT2D eigenvalue weighted by atomic mass is 10.1. The molecular weight excluding hydrogens is 364 g/mol. The van der Waals surface area contributed by atoms with Gasteiger partial charge in [0.05, 0.1) is 4.88 Å². The molecule has 0 radical (unpaired) electrons. The van der Waals surface area contributed by atoms with Crippen LogP contribution in [-0.2, 0) is 11.3 Å². The summed E-state index contributed by atoms with van der Waals surface area (Å²) in [6.07, 6.45) is 0. The molecule has 0 saturated carbocycles. The third-order valence-corrected chi connectivity index (χ3v) is 5.20. The Hall–Kier alpha value is -2.44. The van der Waals surface area contributed by atoms with Gasteiger partial charge in [-0.1, -0.05) is 11.6 Å². The highest BCUT2D eigenvalue weighted by Gasteiger charge is 2.15. The summed E-state index contributed by atoms with van der Waals surface area (Å²) in [6.45, 7) is 3.13. The fourth-order valence-corrected chi connectivity index (χ4v) is 3.28. The van der Waals surface area contributed by atoms with Crippen LogP contribution < -0.4 is 5.63 Å². The molecule has 25 heavy (non-hydrogen) atoms. The molecule has 0 aliphatic heterocycles. The number of carbonyl (C=O) groups is 2. The van der Waals surface area contributed by atoms with Crippen LogP contribution in [0.1, 0.15) is 37.4 Å². The Morgan fingerprint density at radius 2 is 1.92 bits per heavy atom. The number of halogens is 1. The first-order valence-electron chi connectivity index (χ1n) is 7.36. The monoisotopic (exact) mass is 376 g/mol. The normalized spacial score (nSPS) is 10.8. The molecule has 0 unspecified atom stereocenters. The number of Topliss-reactive ketones (excluding diaryl/α,β-unsaturated/α-hetero) is 1. The first-order valence-corrected chi connectivity index (χ1v) is 8.55. The number of benzene rings is 1. The van der Waals surface area contributed by atoms with Crippen molar-refractivity contribution >= 4 is 45.7 Å². The van der Waals surface area contributed by atoms with E-state index in [1.807, 2.05) is 0 Å². The van der Waals surface area contributed by atoms with Crippen LogP contribution in [0.4, 0.5) is 0 Å². The lowest BCUT2D eigenvalue weighted by molar-refractivity contribution is 0.0479. The molecule has 1 aromatic carbocycles. The fourth-order valence-electron chi connectivity index (χ4n) is 2.32. The topological polar surface area (TPSA) is 73.6 Å². The highest BCUT2D eigenvalue weighted by molar-refractivity contribution is 7.15. The number of hydrogen-bond donors (Lipinski definition) is 0. The summed E-state index contributed by atoms with van der Waals surface area (Å²) < 4.78 is 10.4. The number of thiophene rings is 1. The summed E-state index contributed by atoms with van der Waals surface area (Å²) in [5.41, 5.74) is 1.14. The van der Waals surface area contributed by atoms with Crippen molar-refractivity contribution in [3.05, 3.63) is 66.7 Å². The Kier molecular flexibility index (Phi) is 4.74. The molecule has 0 bridgehead atoms. The summed E-state index contributed by atoms with van der Waals surface area (Å²) in [5.74, 6) is -0.669. The van der Waals surface area contributed by atoms with Gasteiger partial charge in [0, 0.05) is 22.0 Å². The average molecular weight is 377 g/mol. The predicted molar refractivity (Wildman–Crippen MR) is 95.7 cm³/mol. The van der Waals surface area contributed by atoms with E-state index in [-0.39, 0.29) is 12.4 Å². The fraction of sp³-hybridized carbons (Fsp3) is 0.167. The number of fused-ring (bicyclic) bond motifs is 1. The van der Waals surface area contributed by atoms with Crippen molar-refractivity contribution in [1.29, 1.82) is 0 Å². The van der Waals surface area contributed by atoms with Gasteiger partial charge in [0.15, 0.2) is 5.78 Å². The molecule has 0 aliphatic rings. The minimum Gasteiger partial charge on any atom is -0.457 e. The van der Waals surface area contributed by atoms with E-state index in [0.717, 1.165) is 16.9 Å². The minimum atomic E-state index is -0.558. The molecule has 128 valence electrons. The number of rotatable bonds is 4. The summed E-state index contributed by atoms with van der Waals surface area (Å²) in [6, 6.07) is 7.75. The molecule has 5 nitrogen and oxygen atoms in total. The predicted octanol–water partition coefficient (Wildman–Crippen LogP) is 4.38. The molecule has 0 spiro atoms. The van der Waals surface area contributed by atoms with Gasteiger partial charge in [0.2, 0.25) is 0 Å². The van der Waals surface area contributed by atoms with Gasteiger partial charge in [-0.15, -0.1) is 11.3 Å². The van der Waals surface area contributed by atoms with Gasteiger partial charge in [0.25, 0.3) is 0 Å². The molecule has 0 fully saturated rings. The second-order valence-electron chi connectivity index (χ2n) is 5.48.